The summed E-state index contributed by atoms with van der Waals surface area (Å²) in [6, 6.07) is 0. The van der Waals surface area contributed by atoms with Crippen LogP contribution in [-0.4, -0.2) is 30.6 Å². The molecule has 0 aromatic heterocycles. The first-order valence-corrected chi connectivity index (χ1v) is 9.23. The van der Waals surface area contributed by atoms with E-state index < -0.39 is 10.4 Å². The Kier molecular flexibility index (Phi) is 36.2. The second-order valence-corrected chi connectivity index (χ2v) is 5.90. The molecule has 0 aliphatic rings. The summed E-state index contributed by atoms with van der Waals surface area (Å²) in [5.41, 5.74) is 0. The zero-order valence-electron chi connectivity index (χ0n) is 15.3. The molecule has 1 N–H and O–H groups in total. The Bertz CT molecular complexity index is 307. The van der Waals surface area contributed by atoms with E-state index >= 15 is 0 Å². The summed E-state index contributed by atoms with van der Waals surface area (Å²) in [6.07, 6.45) is 16.1. The molecule has 0 aromatic rings. The normalized spacial score (nSPS) is 9.87. The van der Waals surface area contributed by atoms with Crippen LogP contribution in [0.5, 0.6) is 0 Å². The third kappa shape index (κ3) is 51.7. The van der Waals surface area contributed by atoms with E-state index in [0.717, 1.165) is 13.1 Å². The molecule has 0 rings (SSSR count). The first-order chi connectivity index (χ1) is 9.91. The monoisotopic (exact) mass is 367 g/mol. The summed E-state index contributed by atoms with van der Waals surface area (Å²) in [5, 5.41) is 3.34. The van der Waals surface area contributed by atoms with Crippen LogP contribution in [0.3, 0.4) is 0 Å². The molecular formula is C15H31NNa2O4S. The van der Waals surface area contributed by atoms with Crippen LogP contribution in [0, 0.1) is 0 Å². The van der Waals surface area contributed by atoms with Crippen molar-refractivity contribution < 1.29 is 76.6 Å². The predicted octanol–water partition coefficient (Wildman–Crippen LogP) is -2.65. The van der Waals surface area contributed by atoms with Gasteiger partial charge in [0.1, 0.15) is 0 Å². The maximum Gasteiger partial charge on any atom is 1.00 e. The van der Waals surface area contributed by atoms with Gasteiger partial charge in [-0.1, -0.05) is 70.8 Å². The molecule has 0 heterocycles. The molecule has 5 nitrogen and oxygen atoms in total. The van der Waals surface area contributed by atoms with Crippen LogP contribution in [0.1, 0.15) is 71.1 Å². The molecule has 128 valence electrons. The molecule has 0 bridgehead atoms. The molecule has 0 radical (unpaired) electrons. The fraction of sp³-hybridized carbons (Fsp3) is 0.867. The minimum atomic E-state index is -5.17. The van der Waals surface area contributed by atoms with Gasteiger partial charge in [0.15, 0.2) is 0 Å². The minimum Gasteiger partial charge on any atom is -0.759 e. The van der Waals surface area contributed by atoms with Crippen LogP contribution in [0.25, 0.3) is 0 Å². The van der Waals surface area contributed by atoms with Gasteiger partial charge in [0.2, 0.25) is 0 Å². The molecular weight excluding hydrogens is 336 g/mol. The third-order valence-electron chi connectivity index (χ3n) is 3.00. The average molecular weight is 367 g/mol. The number of nitrogens with one attached hydrogen (secondary N) is 1. The van der Waals surface area contributed by atoms with Crippen molar-refractivity contribution >= 4 is 10.4 Å². The van der Waals surface area contributed by atoms with Crippen molar-refractivity contribution in [3.05, 3.63) is 12.7 Å². The van der Waals surface area contributed by atoms with E-state index in [2.05, 4.69) is 18.8 Å². The van der Waals surface area contributed by atoms with Gasteiger partial charge < -0.3 is 14.4 Å². The maximum atomic E-state index is 8.52. The molecule has 0 atom stereocenters. The van der Waals surface area contributed by atoms with Gasteiger partial charge in [-0.15, -0.1) is 6.58 Å². The van der Waals surface area contributed by atoms with E-state index in [1.54, 1.807) is 0 Å². The van der Waals surface area contributed by atoms with Gasteiger partial charge in [0.25, 0.3) is 0 Å². The van der Waals surface area contributed by atoms with Crippen molar-refractivity contribution in [1.29, 1.82) is 0 Å². The molecule has 0 amide bonds. The largest absolute Gasteiger partial charge is 1.00 e. The van der Waals surface area contributed by atoms with Crippen molar-refractivity contribution in [3.8, 4) is 0 Å². The van der Waals surface area contributed by atoms with Crippen LogP contribution in [0.15, 0.2) is 12.7 Å². The van der Waals surface area contributed by atoms with Gasteiger partial charge in [-0.2, -0.15) is 0 Å². The summed E-state index contributed by atoms with van der Waals surface area (Å²) in [4.78, 5) is 0. The standard InChI is InChI=1S/C15H31N.2Na.H2O4S/c1-3-5-6-7-8-9-10-11-12-13-15-16-14-4-2;;;1-5(2,3)4/h4,16H,2-3,5-15H2,1H3;;;(H2,1,2,3,4)/q;2*+1;/p-2. The van der Waals surface area contributed by atoms with Crippen molar-refractivity contribution in [2.45, 2.75) is 71.1 Å². The Balaban J connectivity index is -0.000000225. The van der Waals surface area contributed by atoms with Gasteiger partial charge in [0, 0.05) is 16.9 Å². The van der Waals surface area contributed by atoms with Crippen LogP contribution >= 0.6 is 0 Å². The number of hydrogen-bond acceptors (Lipinski definition) is 5. The molecule has 8 heteroatoms. The SMILES string of the molecule is C=CCNCCCCCCCCCCCC.O=S(=O)([O-])[O-].[Na+].[Na+]. The van der Waals surface area contributed by atoms with E-state index in [1.807, 2.05) is 6.08 Å². The summed E-state index contributed by atoms with van der Waals surface area (Å²) >= 11 is 0. The molecule has 23 heavy (non-hydrogen) atoms. The van der Waals surface area contributed by atoms with E-state index in [1.165, 1.54) is 64.2 Å². The van der Waals surface area contributed by atoms with Gasteiger partial charge in [-0.05, 0) is 13.0 Å². The van der Waals surface area contributed by atoms with Gasteiger partial charge >= 0.3 is 59.1 Å². The minimum absolute atomic E-state index is 0. The fourth-order valence-corrected chi connectivity index (χ4v) is 1.94. The maximum absolute atomic E-state index is 8.52. The zero-order chi connectivity index (χ0) is 16.4. The smallest absolute Gasteiger partial charge is 0.759 e. The fourth-order valence-electron chi connectivity index (χ4n) is 1.94. The summed E-state index contributed by atoms with van der Waals surface area (Å²) < 4.78 is 34.1. The number of rotatable bonds is 13. The Morgan fingerprint density at radius 3 is 1.57 bits per heavy atom. The van der Waals surface area contributed by atoms with E-state index in [4.69, 9.17) is 17.5 Å². The van der Waals surface area contributed by atoms with Gasteiger partial charge in [-0.25, -0.2) is 0 Å². The molecule has 0 fully saturated rings. The zero-order valence-corrected chi connectivity index (χ0v) is 20.1. The summed E-state index contributed by atoms with van der Waals surface area (Å²) in [6.45, 7) is 8.08. The van der Waals surface area contributed by atoms with Gasteiger partial charge in [-0.3, -0.25) is 8.42 Å². The van der Waals surface area contributed by atoms with E-state index in [0.29, 0.717) is 0 Å². The van der Waals surface area contributed by atoms with Crippen molar-refractivity contribution in [1.82, 2.24) is 5.32 Å². The first kappa shape index (κ1) is 32.3. The van der Waals surface area contributed by atoms with Crippen LogP contribution in [-0.2, 0) is 10.4 Å². The molecule has 0 aliphatic carbocycles. The number of unbranched alkanes of at least 4 members (excludes halogenated alkanes) is 9. The second kappa shape index (κ2) is 25.8. The third-order valence-corrected chi connectivity index (χ3v) is 3.00. The van der Waals surface area contributed by atoms with Crippen molar-refractivity contribution in [2.75, 3.05) is 13.1 Å². The molecule has 0 aliphatic heterocycles. The average Bonchev–Trinajstić information content (AvgIpc) is 2.38. The molecule has 0 saturated heterocycles. The van der Waals surface area contributed by atoms with E-state index in [-0.39, 0.29) is 59.1 Å². The van der Waals surface area contributed by atoms with Crippen LogP contribution in [0.4, 0.5) is 0 Å². The molecule has 0 saturated carbocycles. The first-order valence-electron chi connectivity index (χ1n) is 7.90. The van der Waals surface area contributed by atoms with Crippen LogP contribution in [0.2, 0.25) is 0 Å². The Morgan fingerprint density at radius 1 is 0.870 bits per heavy atom. The molecule has 0 spiro atoms. The van der Waals surface area contributed by atoms with E-state index in [9.17, 15) is 0 Å². The Hall–Kier alpha value is 1.57. The second-order valence-electron chi connectivity index (χ2n) is 5.08. The Labute approximate surface area is 187 Å². The Morgan fingerprint density at radius 2 is 1.22 bits per heavy atom. The molecule has 0 aromatic carbocycles. The summed E-state index contributed by atoms with van der Waals surface area (Å²) in [7, 11) is -5.17. The predicted molar refractivity (Wildman–Crippen MR) is 85.4 cm³/mol. The quantitative estimate of drug-likeness (QED) is 0.126. The topological polar surface area (TPSA) is 92.3 Å². The van der Waals surface area contributed by atoms with Crippen molar-refractivity contribution in [2.24, 2.45) is 0 Å². The van der Waals surface area contributed by atoms with Gasteiger partial charge in [0.05, 0.1) is 0 Å². The molecule has 0 unspecified atom stereocenters. The van der Waals surface area contributed by atoms with Crippen molar-refractivity contribution in [3.63, 3.8) is 0 Å². The number of hydrogen-bond donors (Lipinski definition) is 1. The summed E-state index contributed by atoms with van der Waals surface area (Å²) in [5.74, 6) is 0. The van der Waals surface area contributed by atoms with Crippen LogP contribution < -0.4 is 64.4 Å².